The van der Waals surface area contributed by atoms with Gasteiger partial charge >= 0.3 is 0 Å². The summed E-state index contributed by atoms with van der Waals surface area (Å²) < 4.78 is 12.8. The minimum Gasteiger partial charge on any atom is -0.359 e. The van der Waals surface area contributed by atoms with E-state index in [1.807, 2.05) is 4.90 Å². The van der Waals surface area contributed by atoms with E-state index < -0.39 is 0 Å². The number of piperidine rings is 1. The highest BCUT2D eigenvalue weighted by atomic mass is 19.1. The number of hydrogen-bond donors (Lipinski definition) is 2. The van der Waals surface area contributed by atoms with E-state index in [0.717, 1.165) is 19.4 Å². The van der Waals surface area contributed by atoms with Gasteiger partial charge in [-0.2, -0.15) is 0 Å². The fraction of sp³-hybridized carbons (Fsp3) is 0.467. The molecule has 1 aliphatic heterocycles. The van der Waals surface area contributed by atoms with Crippen molar-refractivity contribution in [1.29, 1.82) is 0 Å². The zero-order chi connectivity index (χ0) is 15.2. The molecular formula is C15H20FN3O2. The molecule has 0 spiro atoms. The third-order valence-electron chi connectivity index (χ3n) is 3.62. The van der Waals surface area contributed by atoms with Crippen molar-refractivity contribution in [2.45, 2.75) is 12.8 Å². The highest BCUT2D eigenvalue weighted by Gasteiger charge is 2.25. The minimum atomic E-state index is -0.336. The second-order valence-corrected chi connectivity index (χ2v) is 5.24. The molecule has 21 heavy (non-hydrogen) atoms. The Morgan fingerprint density at radius 3 is 2.71 bits per heavy atom. The quantitative estimate of drug-likeness (QED) is 0.877. The first kappa shape index (κ1) is 15.4. The number of amides is 2. The summed E-state index contributed by atoms with van der Waals surface area (Å²) in [7, 11) is 1.63. The van der Waals surface area contributed by atoms with Crippen LogP contribution in [0.3, 0.4) is 0 Å². The van der Waals surface area contributed by atoms with E-state index in [0.29, 0.717) is 12.2 Å². The van der Waals surface area contributed by atoms with Crippen LogP contribution in [0.2, 0.25) is 0 Å². The van der Waals surface area contributed by atoms with Gasteiger partial charge in [-0.15, -0.1) is 0 Å². The molecule has 1 heterocycles. The normalized spacial score (nSPS) is 19.0. The molecular weight excluding hydrogens is 273 g/mol. The molecule has 1 saturated heterocycles. The Kier molecular flexibility index (Phi) is 5.27. The lowest BCUT2D eigenvalue weighted by molar-refractivity contribution is -0.127. The summed E-state index contributed by atoms with van der Waals surface area (Å²) >= 11 is 0. The Morgan fingerprint density at radius 1 is 1.33 bits per heavy atom. The number of benzene rings is 1. The molecule has 2 rings (SSSR count). The van der Waals surface area contributed by atoms with Crippen LogP contribution in [0.4, 0.5) is 10.1 Å². The van der Waals surface area contributed by atoms with Gasteiger partial charge < -0.3 is 10.6 Å². The largest absolute Gasteiger partial charge is 0.359 e. The molecule has 1 atom stereocenters. The standard InChI is InChI=1S/C15H20FN3O2/c1-17-15(21)11-3-2-8-19(9-11)10-14(20)18-13-6-4-12(16)5-7-13/h4-7,11H,2-3,8-10H2,1H3,(H,17,21)(H,18,20). The van der Waals surface area contributed by atoms with Gasteiger partial charge in [0, 0.05) is 19.3 Å². The van der Waals surface area contributed by atoms with Crippen LogP contribution >= 0.6 is 0 Å². The van der Waals surface area contributed by atoms with Crippen molar-refractivity contribution in [3.05, 3.63) is 30.1 Å². The van der Waals surface area contributed by atoms with Crippen molar-refractivity contribution in [3.63, 3.8) is 0 Å². The number of halogens is 1. The zero-order valence-corrected chi connectivity index (χ0v) is 12.1. The average molecular weight is 293 g/mol. The number of nitrogens with zero attached hydrogens (tertiary/aromatic N) is 1. The molecule has 1 aromatic carbocycles. The Morgan fingerprint density at radius 2 is 2.05 bits per heavy atom. The predicted molar refractivity (Wildman–Crippen MR) is 78.3 cm³/mol. The van der Waals surface area contributed by atoms with Gasteiger partial charge in [0.2, 0.25) is 11.8 Å². The van der Waals surface area contributed by atoms with Crippen molar-refractivity contribution in [2.24, 2.45) is 5.92 Å². The number of carbonyl (C=O) groups excluding carboxylic acids is 2. The summed E-state index contributed by atoms with van der Waals surface area (Å²) in [6.45, 7) is 1.64. The van der Waals surface area contributed by atoms with Gasteiger partial charge in [-0.05, 0) is 43.7 Å². The first-order chi connectivity index (χ1) is 10.1. The van der Waals surface area contributed by atoms with Gasteiger partial charge in [0.25, 0.3) is 0 Å². The van der Waals surface area contributed by atoms with Crippen molar-refractivity contribution in [2.75, 3.05) is 32.0 Å². The van der Waals surface area contributed by atoms with Gasteiger partial charge in [0.05, 0.1) is 12.5 Å². The first-order valence-corrected chi connectivity index (χ1v) is 7.08. The number of likely N-dealkylation sites (tertiary alicyclic amines) is 1. The Hall–Kier alpha value is -1.95. The Labute approximate surface area is 123 Å². The lowest BCUT2D eigenvalue weighted by Crippen LogP contribution is -2.44. The maximum Gasteiger partial charge on any atom is 0.238 e. The summed E-state index contributed by atoms with van der Waals surface area (Å²) in [4.78, 5) is 25.6. The van der Waals surface area contributed by atoms with Gasteiger partial charge in [0.1, 0.15) is 5.82 Å². The van der Waals surface area contributed by atoms with Crippen molar-refractivity contribution >= 4 is 17.5 Å². The molecule has 0 saturated carbocycles. The number of hydrogen-bond acceptors (Lipinski definition) is 3. The van der Waals surface area contributed by atoms with E-state index in [2.05, 4.69) is 10.6 Å². The Bertz CT molecular complexity index is 504. The zero-order valence-electron chi connectivity index (χ0n) is 12.1. The number of anilines is 1. The maximum atomic E-state index is 12.8. The van der Waals surface area contributed by atoms with E-state index >= 15 is 0 Å². The van der Waals surface area contributed by atoms with E-state index in [4.69, 9.17) is 0 Å². The molecule has 1 aliphatic rings. The fourth-order valence-electron chi connectivity index (χ4n) is 2.55. The van der Waals surface area contributed by atoms with E-state index in [1.165, 1.54) is 24.3 Å². The summed E-state index contributed by atoms with van der Waals surface area (Å²) in [5, 5.41) is 5.38. The van der Waals surface area contributed by atoms with Crippen LogP contribution in [-0.4, -0.2) is 43.4 Å². The highest BCUT2D eigenvalue weighted by Crippen LogP contribution is 2.16. The summed E-state index contributed by atoms with van der Waals surface area (Å²) in [6.07, 6.45) is 1.76. The highest BCUT2D eigenvalue weighted by molar-refractivity contribution is 5.92. The van der Waals surface area contributed by atoms with E-state index in [1.54, 1.807) is 7.05 Å². The van der Waals surface area contributed by atoms with Crippen molar-refractivity contribution in [1.82, 2.24) is 10.2 Å². The topological polar surface area (TPSA) is 61.4 Å². The van der Waals surface area contributed by atoms with Gasteiger partial charge in [-0.1, -0.05) is 0 Å². The van der Waals surface area contributed by atoms with Crippen molar-refractivity contribution in [3.8, 4) is 0 Å². The van der Waals surface area contributed by atoms with Crippen molar-refractivity contribution < 1.29 is 14.0 Å². The molecule has 114 valence electrons. The van der Waals surface area contributed by atoms with Crippen LogP contribution in [0.1, 0.15) is 12.8 Å². The summed E-state index contributed by atoms with van der Waals surface area (Å²) in [5.41, 5.74) is 0.571. The van der Waals surface area contributed by atoms with Crippen LogP contribution in [0.25, 0.3) is 0 Å². The first-order valence-electron chi connectivity index (χ1n) is 7.08. The van der Waals surface area contributed by atoms with E-state index in [-0.39, 0.29) is 30.1 Å². The van der Waals surface area contributed by atoms with Gasteiger partial charge in [-0.3, -0.25) is 14.5 Å². The average Bonchev–Trinajstić information content (AvgIpc) is 2.49. The lowest BCUT2D eigenvalue weighted by atomic mass is 9.97. The molecule has 5 nitrogen and oxygen atoms in total. The predicted octanol–water partition coefficient (Wildman–Crippen LogP) is 1.22. The molecule has 1 aromatic rings. The molecule has 6 heteroatoms. The lowest BCUT2D eigenvalue weighted by Gasteiger charge is -2.31. The fourth-order valence-corrected chi connectivity index (χ4v) is 2.55. The molecule has 1 fully saturated rings. The maximum absolute atomic E-state index is 12.8. The third-order valence-corrected chi connectivity index (χ3v) is 3.62. The molecule has 0 radical (unpaired) electrons. The third kappa shape index (κ3) is 4.53. The van der Waals surface area contributed by atoms with Crippen LogP contribution in [0.15, 0.2) is 24.3 Å². The summed E-state index contributed by atoms with van der Waals surface area (Å²) in [5.74, 6) is -0.516. The number of carbonyl (C=O) groups is 2. The Balaban J connectivity index is 1.84. The second-order valence-electron chi connectivity index (χ2n) is 5.24. The molecule has 2 amide bonds. The monoisotopic (exact) mass is 293 g/mol. The molecule has 0 bridgehead atoms. The van der Waals surface area contributed by atoms with Crippen LogP contribution in [0.5, 0.6) is 0 Å². The molecule has 0 aliphatic carbocycles. The van der Waals surface area contributed by atoms with Crippen LogP contribution in [0, 0.1) is 11.7 Å². The SMILES string of the molecule is CNC(=O)C1CCCN(CC(=O)Nc2ccc(F)cc2)C1. The minimum absolute atomic E-state index is 0.0265. The van der Waals surface area contributed by atoms with E-state index in [9.17, 15) is 14.0 Å². The van der Waals surface area contributed by atoms with Crippen LogP contribution in [-0.2, 0) is 9.59 Å². The molecule has 2 N–H and O–H groups in total. The summed E-state index contributed by atoms with van der Waals surface area (Å²) in [6, 6.07) is 5.66. The van der Waals surface area contributed by atoms with Crippen LogP contribution < -0.4 is 10.6 Å². The molecule has 1 unspecified atom stereocenters. The van der Waals surface area contributed by atoms with Gasteiger partial charge in [0.15, 0.2) is 0 Å². The van der Waals surface area contributed by atoms with Gasteiger partial charge in [-0.25, -0.2) is 4.39 Å². The molecule has 0 aromatic heterocycles. The smallest absolute Gasteiger partial charge is 0.238 e. The number of nitrogens with one attached hydrogen (secondary N) is 2. The number of rotatable bonds is 4. The second kappa shape index (κ2) is 7.17.